The van der Waals surface area contributed by atoms with Crippen LogP contribution in [0.15, 0.2) is 0 Å². The van der Waals surface area contributed by atoms with Gasteiger partial charge in [-0.2, -0.15) is 0 Å². The Hall–Kier alpha value is -1.63. The summed E-state index contributed by atoms with van der Waals surface area (Å²) in [6, 6.07) is -0.0531. The van der Waals surface area contributed by atoms with E-state index in [0.717, 1.165) is 19.4 Å². The van der Waals surface area contributed by atoms with Gasteiger partial charge in [0.05, 0.1) is 6.54 Å². The molecule has 3 rings (SSSR count). The molecule has 1 atom stereocenters. The van der Waals surface area contributed by atoms with E-state index in [1.165, 1.54) is 4.90 Å². The van der Waals surface area contributed by atoms with E-state index in [1.807, 2.05) is 30.6 Å². The zero-order valence-corrected chi connectivity index (χ0v) is 14.2. The van der Waals surface area contributed by atoms with Gasteiger partial charge in [-0.1, -0.05) is 0 Å². The van der Waals surface area contributed by atoms with Gasteiger partial charge < -0.3 is 10.2 Å². The number of likely N-dealkylation sites (N-methyl/N-ethyl adjacent to an activating group) is 1. The molecule has 3 aliphatic rings. The number of nitrogens with zero attached hydrogens (tertiary/aromatic N) is 3. The van der Waals surface area contributed by atoms with Crippen molar-refractivity contribution in [2.24, 2.45) is 0 Å². The molecule has 0 aromatic heterocycles. The van der Waals surface area contributed by atoms with Crippen molar-refractivity contribution in [1.29, 1.82) is 0 Å². The van der Waals surface area contributed by atoms with E-state index in [4.69, 9.17) is 0 Å². The summed E-state index contributed by atoms with van der Waals surface area (Å²) in [7, 11) is 0. The number of imide groups is 1. The lowest BCUT2D eigenvalue weighted by atomic mass is 9.98. The summed E-state index contributed by atoms with van der Waals surface area (Å²) in [6.45, 7) is 7.82. The number of likely N-dealkylation sites (tertiary alicyclic amines) is 1. The van der Waals surface area contributed by atoms with E-state index in [2.05, 4.69) is 5.32 Å². The number of hydrogen-bond acceptors (Lipinski definition) is 4. The quantitative estimate of drug-likeness (QED) is 0.744. The van der Waals surface area contributed by atoms with E-state index in [0.29, 0.717) is 32.1 Å². The van der Waals surface area contributed by atoms with E-state index in [1.54, 1.807) is 0 Å². The predicted octanol–water partition coefficient (Wildman–Crippen LogP) is 0.402. The molecular formula is C16H26N4O3. The molecule has 0 bridgehead atoms. The monoisotopic (exact) mass is 322 g/mol. The third-order valence-corrected chi connectivity index (χ3v) is 5.07. The standard InChI is InChI=1S/C16H26N4O3/c1-4-19(12-5-6-12)13(21)9-18-8-7-16(10-18)14(22)20(11(2)3)15(23)17-16/h11-12H,4-10H2,1-3H3,(H,17,23)/t16-/m1/s1. The molecule has 1 aliphatic carbocycles. The van der Waals surface area contributed by atoms with Crippen LogP contribution in [0.5, 0.6) is 0 Å². The minimum atomic E-state index is -0.835. The number of amides is 4. The fourth-order valence-corrected chi connectivity index (χ4v) is 3.72. The predicted molar refractivity (Wildman–Crippen MR) is 84.7 cm³/mol. The average molecular weight is 322 g/mol. The third kappa shape index (κ3) is 2.82. The van der Waals surface area contributed by atoms with Gasteiger partial charge in [-0.05, 0) is 40.0 Å². The molecule has 0 aromatic rings. The molecular weight excluding hydrogens is 296 g/mol. The summed E-state index contributed by atoms with van der Waals surface area (Å²) in [5.41, 5.74) is -0.835. The second-order valence-electron chi connectivity index (χ2n) is 7.15. The highest BCUT2D eigenvalue weighted by Crippen LogP contribution is 2.31. The summed E-state index contributed by atoms with van der Waals surface area (Å²) in [4.78, 5) is 42.4. The van der Waals surface area contributed by atoms with Crippen molar-refractivity contribution in [3.8, 4) is 0 Å². The lowest BCUT2D eigenvalue weighted by Crippen LogP contribution is -2.50. The molecule has 3 fully saturated rings. The van der Waals surface area contributed by atoms with Gasteiger partial charge in [-0.3, -0.25) is 19.4 Å². The van der Waals surface area contributed by atoms with Gasteiger partial charge in [0.25, 0.3) is 5.91 Å². The van der Waals surface area contributed by atoms with E-state index in [-0.39, 0.29) is 23.9 Å². The van der Waals surface area contributed by atoms with Gasteiger partial charge in [0, 0.05) is 31.7 Å². The summed E-state index contributed by atoms with van der Waals surface area (Å²) in [5, 5.41) is 2.86. The number of carbonyl (C=O) groups excluding carboxylic acids is 3. The zero-order valence-electron chi connectivity index (χ0n) is 14.2. The first-order chi connectivity index (χ1) is 10.9. The Morgan fingerprint density at radius 3 is 2.61 bits per heavy atom. The normalized spacial score (nSPS) is 28.1. The molecule has 2 saturated heterocycles. The molecule has 1 N–H and O–H groups in total. The molecule has 0 unspecified atom stereocenters. The Morgan fingerprint density at radius 1 is 1.39 bits per heavy atom. The highest BCUT2D eigenvalue weighted by Gasteiger charge is 2.55. The highest BCUT2D eigenvalue weighted by molar-refractivity contribution is 6.07. The van der Waals surface area contributed by atoms with Crippen molar-refractivity contribution in [1.82, 2.24) is 20.0 Å². The Kier molecular flexibility index (Phi) is 4.08. The minimum absolute atomic E-state index is 0.129. The maximum absolute atomic E-state index is 12.6. The molecule has 1 spiro atoms. The third-order valence-electron chi connectivity index (χ3n) is 5.07. The average Bonchev–Trinajstić information content (AvgIpc) is 3.16. The second-order valence-corrected chi connectivity index (χ2v) is 7.15. The van der Waals surface area contributed by atoms with Crippen LogP contribution in [0.1, 0.15) is 40.0 Å². The van der Waals surface area contributed by atoms with Gasteiger partial charge in [0.2, 0.25) is 5.91 Å². The van der Waals surface area contributed by atoms with Crippen LogP contribution in [0.3, 0.4) is 0 Å². The van der Waals surface area contributed by atoms with Crippen molar-refractivity contribution in [3.63, 3.8) is 0 Å². The smallest absolute Gasteiger partial charge is 0.325 e. The van der Waals surface area contributed by atoms with Gasteiger partial charge in [0.15, 0.2) is 0 Å². The molecule has 7 nitrogen and oxygen atoms in total. The largest absolute Gasteiger partial charge is 0.339 e. The van der Waals surface area contributed by atoms with Crippen LogP contribution in [-0.2, 0) is 9.59 Å². The van der Waals surface area contributed by atoms with Crippen LogP contribution in [0.25, 0.3) is 0 Å². The Balaban J connectivity index is 1.63. The number of urea groups is 1. The van der Waals surface area contributed by atoms with Crippen LogP contribution >= 0.6 is 0 Å². The summed E-state index contributed by atoms with van der Waals surface area (Å²) >= 11 is 0. The molecule has 7 heteroatoms. The fraction of sp³-hybridized carbons (Fsp3) is 0.812. The molecule has 23 heavy (non-hydrogen) atoms. The molecule has 2 aliphatic heterocycles. The molecule has 128 valence electrons. The molecule has 4 amide bonds. The van der Waals surface area contributed by atoms with Gasteiger partial charge in [0.1, 0.15) is 5.54 Å². The lowest BCUT2D eigenvalue weighted by Gasteiger charge is -2.25. The van der Waals surface area contributed by atoms with Crippen LogP contribution in [0.2, 0.25) is 0 Å². The van der Waals surface area contributed by atoms with E-state index in [9.17, 15) is 14.4 Å². The summed E-state index contributed by atoms with van der Waals surface area (Å²) in [6.07, 6.45) is 2.77. The maximum atomic E-state index is 12.6. The molecule has 1 saturated carbocycles. The number of hydrogen-bond donors (Lipinski definition) is 1. The lowest BCUT2D eigenvalue weighted by molar-refractivity contribution is -0.134. The zero-order chi connectivity index (χ0) is 16.8. The number of carbonyl (C=O) groups is 3. The minimum Gasteiger partial charge on any atom is -0.339 e. The van der Waals surface area contributed by atoms with Gasteiger partial charge >= 0.3 is 6.03 Å². The Bertz CT molecular complexity index is 531. The van der Waals surface area contributed by atoms with E-state index < -0.39 is 5.54 Å². The van der Waals surface area contributed by atoms with Crippen LogP contribution in [0, 0.1) is 0 Å². The van der Waals surface area contributed by atoms with Crippen molar-refractivity contribution in [2.45, 2.75) is 57.7 Å². The van der Waals surface area contributed by atoms with Gasteiger partial charge in [-0.25, -0.2) is 4.79 Å². The number of nitrogens with one attached hydrogen (secondary N) is 1. The van der Waals surface area contributed by atoms with Crippen molar-refractivity contribution in [2.75, 3.05) is 26.2 Å². The molecule has 0 radical (unpaired) electrons. The van der Waals surface area contributed by atoms with Crippen molar-refractivity contribution >= 4 is 17.8 Å². The van der Waals surface area contributed by atoms with Crippen LogP contribution in [-0.4, -0.2) is 76.3 Å². The van der Waals surface area contributed by atoms with Crippen LogP contribution < -0.4 is 5.32 Å². The van der Waals surface area contributed by atoms with Gasteiger partial charge in [-0.15, -0.1) is 0 Å². The first-order valence-electron chi connectivity index (χ1n) is 8.55. The molecule has 2 heterocycles. The topological polar surface area (TPSA) is 73.0 Å². The highest BCUT2D eigenvalue weighted by atomic mass is 16.2. The van der Waals surface area contributed by atoms with Crippen molar-refractivity contribution in [3.05, 3.63) is 0 Å². The fourth-order valence-electron chi connectivity index (χ4n) is 3.72. The first-order valence-corrected chi connectivity index (χ1v) is 8.55. The first kappa shape index (κ1) is 16.2. The van der Waals surface area contributed by atoms with Crippen LogP contribution in [0.4, 0.5) is 4.79 Å². The van der Waals surface area contributed by atoms with E-state index >= 15 is 0 Å². The summed E-state index contributed by atoms with van der Waals surface area (Å²) in [5.74, 6) is -0.0217. The maximum Gasteiger partial charge on any atom is 0.325 e. The SMILES string of the molecule is CCN(C(=O)CN1CC[C@]2(C1)NC(=O)N(C(C)C)C2=O)C1CC1. The van der Waals surface area contributed by atoms with Crippen molar-refractivity contribution < 1.29 is 14.4 Å². The Morgan fingerprint density at radius 2 is 2.09 bits per heavy atom. The second kappa shape index (κ2) is 5.78. The number of rotatable bonds is 5. The Labute approximate surface area is 137 Å². The molecule has 0 aromatic carbocycles. The summed E-state index contributed by atoms with van der Waals surface area (Å²) < 4.78 is 0.